The highest BCUT2D eigenvalue weighted by molar-refractivity contribution is 5.74. The number of hydrogen-bond acceptors (Lipinski definition) is 4. The number of carbonyl (C=O) groups excluding carboxylic acids is 1. The first-order valence-corrected chi connectivity index (χ1v) is 7.40. The van der Waals surface area contributed by atoms with Crippen LogP contribution in [0, 0.1) is 0 Å². The van der Waals surface area contributed by atoms with Gasteiger partial charge in [-0.3, -0.25) is 0 Å². The van der Waals surface area contributed by atoms with Crippen molar-refractivity contribution in [1.29, 1.82) is 0 Å². The Morgan fingerprint density at radius 2 is 2.14 bits per heavy atom. The molecular weight excluding hydrogens is 266 g/mol. The normalized spacial score (nSPS) is 16.4. The number of rotatable bonds is 3. The van der Waals surface area contributed by atoms with Crippen LogP contribution in [0.4, 0.5) is 10.6 Å². The number of amides is 2. The van der Waals surface area contributed by atoms with Gasteiger partial charge in [-0.05, 0) is 26.1 Å². The first-order valence-electron chi connectivity index (χ1n) is 7.40. The largest absolute Gasteiger partial charge is 0.362 e. The molecule has 1 aliphatic heterocycles. The fourth-order valence-electron chi connectivity index (χ4n) is 2.50. The highest BCUT2D eigenvalue weighted by atomic mass is 16.2. The third-order valence-electron chi connectivity index (χ3n) is 3.73. The van der Waals surface area contributed by atoms with Gasteiger partial charge >= 0.3 is 6.03 Å². The molecule has 1 fully saturated rings. The fraction of sp³-hybridized carbons (Fsp3) is 0.600. The molecule has 2 heterocycles. The highest BCUT2D eigenvalue weighted by Gasteiger charge is 2.17. The molecule has 1 aromatic heterocycles. The van der Waals surface area contributed by atoms with Crippen molar-refractivity contribution in [3.8, 4) is 0 Å². The minimum atomic E-state index is 0.0128. The number of hydrogen-bond donors (Lipinski definition) is 1. The van der Waals surface area contributed by atoms with Crippen LogP contribution in [0.3, 0.4) is 0 Å². The Morgan fingerprint density at radius 3 is 2.90 bits per heavy atom. The molecule has 1 aliphatic rings. The Bertz CT molecular complexity index is 477. The maximum atomic E-state index is 12.3. The number of anilines is 1. The van der Waals surface area contributed by atoms with Crippen molar-refractivity contribution in [2.45, 2.75) is 13.0 Å². The number of nitrogens with zero attached hydrogens (tertiary/aromatic N) is 4. The van der Waals surface area contributed by atoms with Crippen molar-refractivity contribution in [3.05, 3.63) is 23.9 Å². The van der Waals surface area contributed by atoms with Crippen LogP contribution in [-0.2, 0) is 6.54 Å². The van der Waals surface area contributed by atoms with E-state index >= 15 is 0 Å². The van der Waals surface area contributed by atoms with Gasteiger partial charge in [-0.25, -0.2) is 9.78 Å². The summed E-state index contributed by atoms with van der Waals surface area (Å²) in [5.41, 5.74) is 1.03. The van der Waals surface area contributed by atoms with E-state index in [1.54, 1.807) is 6.20 Å². The molecule has 0 atom stereocenters. The first kappa shape index (κ1) is 15.6. The molecule has 2 rings (SSSR count). The van der Waals surface area contributed by atoms with Crippen molar-refractivity contribution < 1.29 is 4.79 Å². The lowest BCUT2D eigenvalue weighted by Gasteiger charge is -2.22. The molecule has 1 N–H and O–H groups in total. The van der Waals surface area contributed by atoms with Gasteiger partial charge in [0, 0.05) is 52.0 Å². The zero-order valence-electron chi connectivity index (χ0n) is 13.2. The predicted molar refractivity (Wildman–Crippen MR) is 84.5 cm³/mol. The molecule has 1 aromatic rings. The van der Waals surface area contributed by atoms with E-state index < -0.39 is 0 Å². The molecule has 6 heteroatoms. The molecule has 21 heavy (non-hydrogen) atoms. The monoisotopic (exact) mass is 291 g/mol. The van der Waals surface area contributed by atoms with E-state index in [2.05, 4.69) is 22.2 Å². The zero-order chi connectivity index (χ0) is 15.2. The van der Waals surface area contributed by atoms with Crippen LogP contribution in [0.15, 0.2) is 18.3 Å². The fourth-order valence-corrected chi connectivity index (χ4v) is 2.50. The summed E-state index contributed by atoms with van der Waals surface area (Å²) >= 11 is 0. The second-order valence-electron chi connectivity index (χ2n) is 5.68. The number of aromatic nitrogens is 1. The van der Waals surface area contributed by atoms with Gasteiger partial charge in [0.2, 0.25) is 0 Å². The van der Waals surface area contributed by atoms with E-state index in [1.807, 2.05) is 36.0 Å². The summed E-state index contributed by atoms with van der Waals surface area (Å²) in [5, 5.41) is 3.01. The van der Waals surface area contributed by atoms with E-state index in [9.17, 15) is 4.79 Å². The van der Waals surface area contributed by atoms with Gasteiger partial charge in [-0.2, -0.15) is 0 Å². The Labute approximate surface area is 126 Å². The molecule has 116 valence electrons. The maximum Gasteiger partial charge on any atom is 0.317 e. The number of likely N-dealkylation sites (N-methyl/N-ethyl adjacent to an activating group) is 1. The molecular formula is C15H25N5O. The molecule has 0 saturated carbocycles. The van der Waals surface area contributed by atoms with E-state index in [0.717, 1.165) is 44.0 Å². The summed E-state index contributed by atoms with van der Waals surface area (Å²) in [5.74, 6) is 0.897. The SMILES string of the molecule is CN1CCCN(C(=O)NCc2cccnc2N(C)C)CC1. The molecule has 2 amide bonds. The Balaban J connectivity index is 1.92. The van der Waals surface area contributed by atoms with Gasteiger partial charge in [0.1, 0.15) is 5.82 Å². The Morgan fingerprint density at radius 1 is 1.33 bits per heavy atom. The molecule has 0 unspecified atom stereocenters. The van der Waals surface area contributed by atoms with Crippen LogP contribution in [0.1, 0.15) is 12.0 Å². The number of pyridine rings is 1. The van der Waals surface area contributed by atoms with Crippen LogP contribution in [0.2, 0.25) is 0 Å². The molecule has 0 spiro atoms. The second-order valence-corrected chi connectivity index (χ2v) is 5.68. The van der Waals surface area contributed by atoms with Crippen LogP contribution < -0.4 is 10.2 Å². The average Bonchev–Trinajstić information content (AvgIpc) is 2.69. The van der Waals surface area contributed by atoms with Gasteiger partial charge in [0.05, 0.1) is 0 Å². The lowest BCUT2D eigenvalue weighted by Crippen LogP contribution is -2.41. The van der Waals surface area contributed by atoms with Crippen LogP contribution in [0.25, 0.3) is 0 Å². The van der Waals surface area contributed by atoms with Crippen LogP contribution >= 0.6 is 0 Å². The smallest absolute Gasteiger partial charge is 0.317 e. The summed E-state index contributed by atoms with van der Waals surface area (Å²) < 4.78 is 0. The van der Waals surface area contributed by atoms with Crippen molar-refractivity contribution in [2.24, 2.45) is 0 Å². The third-order valence-corrected chi connectivity index (χ3v) is 3.73. The maximum absolute atomic E-state index is 12.3. The molecule has 0 aliphatic carbocycles. The lowest BCUT2D eigenvalue weighted by molar-refractivity contribution is 0.199. The van der Waals surface area contributed by atoms with E-state index in [4.69, 9.17) is 0 Å². The summed E-state index contributed by atoms with van der Waals surface area (Å²) in [6.45, 7) is 4.10. The van der Waals surface area contributed by atoms with Gasteiger partial charge in [0.15, 0.2) is 0 Å². The van der Waals surface area contributed by atoms with Crippen molar-refractivity contribution in [1.82, 2.24) is 20.1 Å². The quantitative estimate of drug-likeness (QED) is 0.902. The van der Waals surface area contributed by atoms with E-state index in [1.165, 1.54) is 0 Å². The topological polar surface area (TPSA) is 51.7 Å². The van der Waals surface area contributed by atoms with Gasteiger partial charge < -0.3 is 20.0 Å². The Hall–Kier alpha value is -1.82. The Kier molecular flexibility index (Phi) is 5.38. The molecule has 0 bridgehead atoms. The lowest BCUT2D eigenvalue weighted by atomic mass is 10.2. The zero-order valence-corrected chi connectivity index (χ0v) is 13.2. The van der Waals surface area contributed by atoms with Crippen molar-refractivity contribution in [3.63, 3.8) is 0 Å². The van der Waals surface area contributed by atoms with E-state index in [0.29, 0.717) is 6.54 Å². The third kappa shape index (κ3) is 4.32. The summed E-state index contributed by atoms with van der Waals surface area (Å²) in [6, 6.07) is 3.91. The van der Waals surface area contributed by atoms with Gasteiger partial charge in [0.25, 0.3) is 0 Å². The van der Waals surface area contributed by atoms with Gasteiger partial charge in [-0.1, -0.05) is 6.07 Å². The minimum absolute atomic E-state index is 0.0128. The van der Waals surface area contributed by atoms with Crippen molar-refractivity contribution >= 4 is 11.8 Å². The second kappa shape index (κ2) is 7.26. The summed E-state index contributed by atoms with van der Waals surface area (Å²) in [6.07, 6.45) is 2.80. The van der Waals surface area contributed by atoms with Crippen LogP contribution in [0.5, 0.6) is 0 Å². The van der Waals surface area contributed by atoms with E-state index in [-0.39, 0.29) is 6.03 Å². The predicted octanol–water partition coefficient (Wildman–Crippen LogP) is 0.995. The first-order chi connectivity index (χ1) is 10.1. The molecule has 6 nitrogen and oxygen atoms in total. The average molecular weight is 291 g/mol. The number of urea groups is 1. The van der Waals surface area contributed by atoms with Crippen LogP contribution in [-0.4, -0.2) is 68.1 Å². The number of carbonyl (C=O) groups is 1. The van der Waals surface area contributed by atoms with Gasteiger partial charge in [-0.15, -0.1) is 0 Å². The molecule has 0 aromatic carbocycles. The van der Waals surface area contributed by atoms with Crippen molar-refractivity contribution in [2.75, 3.05) is 52.2 Å². The molecule has 0 radical (unpaired) electrons. The highest BCUT2D eigenvalue weighted by Crippen LogP contribution is 2.14. The molecule has 1 saturated heterocycles. The number of nitrogens with one attached hydrogen (secondary N) is 1. The summed E-state index contributed by atoms with van der Waals surface area (Å²) in [4.78, 5) is 22.7. The summed E-state index contributed by atoms with van der Waals surface area (Å²) in [7, 11) is 6.01. The standard InChI is InChI=1S/C15H25N5O/c1-18(2)14-13(6-4-7-16-14)12-17-15(21)20-9-5-8-19(3)10-11-20/h4,6-7H,5,8-12H2,1-3H3,(H,17,21). The minimum Gasteiger partial charge on any atom is -0.362 e.